The highest BCUT2D eigenvalue weighted by Gasteiger charge is 2.17. The number of hydrogen-bond acceptors (Lipinski definition) is 4. The first kappa shape index (κ1) is 19.4. The zero-order valence-corrected chi connectivity index (χ0v) is 16.2. The number of nitrogens with one attached hydrogen (secondary N) is 2. The van der Waals surface area contributed by atoms with Gasteiger partial charge < -0.3 is 20.1 Å². The first-order valence-electron chi connectivity index (χ1n) is 9.44. The summed E-state index contributed by atoms with van der Waals surface area (Å²) in [5.41, 5.74) is 2.20. The molecule has 1 heterocycles. The number of halogens is 1. The van der Waals surface area contributed by atoms with E-state index in [0.29, 0.717) is 28.3 Å². The summed E-state index contributed by atoms with van der Waals surface area (Å²) in [6.45, 7) is 2.14. The molecular formula is C23H19FN2O4. The van der Waals surface area contributed by atoms with E-state index in [9.17, 15) is 14.0 Å². The number of fused-ring (bicyclic) bond motifs is 1. The highest BCUT2D eigenvalue weighted by Crippen LogP contribution is 2.32. The normalized spacial score (nSPS) is 11.8. The molecule has 7 heteroatoms. The molecule has 0 spiro atoms. The summed E-state index contributed by atoms with van der Waals surface area (Å²) in [6.07, 6.45) is 0.863. The molecule has 3 aromatic carbocycles. The van der Waals surface area contributed by atoms with Crippen molar-refractivity contribution in [2.45, 2.75) is 13.3 Å². The molecule has 0 aliphatic carbocycles. The van der Waals surface area contributed by atoms with Gasteiger partial charge in [-0.3, -0.25) is 9.59 Å². The average Bonchev–Trinajstić information content (AvgIpc) is 3.24. The first-order valence-corrected chi connectivity index (χ1v) is 9.44. The second-order valence-corrected chi connectivity index (χ2v) is 6.72. The van der Waals surface area contributed by atoms with Crippen molar-refractivity contribution in [1.29, 1.82) is 0 Å². The molecule has 3 aromatic rings. The number of carbonyl (C=O) groups is 2. The van der Waals surface area contributed by atoms with E-state index >= 15 is 0 Å². The molecule has 4 rings (SSSR count). The van der Waals surface area contributed by atoms with E-state index in [-0.39, 0.29) is 12.5 Å². The number of carbonyl (C=O) groups excluding carboxylic acids is 2. The molecule has 0 fully saturated rings. The van der Waals surface area contributed by atoms with E-state index in [1.165, 1.54) is 18.2 Å². The summed E-state index contributed by atoms with van der Waals surface area (Å²) in [6, 6.07) is 15.9. The summed E-state index contributed by atoms with van der Waals surface area (Å²) < 4.78 is 24.7. The zero-order valence-electron chi connectivity index (χ0n) is 16.2. The molecule has 0 aromatic heterocycles. The number of hydrogen-bond donors (Lipinski definition) is 2. The van der Waals surface area contributed by atoms with Crippen molar-refractivity contribution >= 4 is 23.2 Å². The van der Waals surface area contributed by atoms with Gasteiger partial charge >= 0.3 is 0 Å². The average molecular weight is 406 g/mol. The molecule has 0 saturated carbocycles. The van der Waals surface area contributed by atoms with Gasteiger partial charge in [-0.15, -0.1) is 0 Å². The van der Waals surface area contributed by atoms with E-state index in [0.717, 1.165) is 12.0 Å². The van der Waals surface area contributed by atoms with Crippen LogP contribution in [0.3, 0.4) is 0 Å². The Morgan fingerprint density at radius 1 is 0.867 bits per heavy atom. The highest BCUT2D eigenvalue weighted by molar-refractivity contribution is 6.06. The van der Waals surface area contributed by atoms with E-state index in [4.69, 9.17) is 9.47 Å². The molecule has 6 nitrogen and oxygen atoms in total. The van der Waals surface area contributed by atoms with E-state index in [2.05, 4.69) is 10.6 Å². The van der Waals surface area contributed by atoms with Crippen molar-refractivity contribution in [1.82, 2.24) is 0 Å². The summed E-state index contributed by atoms with van der Waals surface area (Å²) in [5.74, 6) is -0.369. The van der Waals surface area contributed by atoms with Crippen LogP contribution in [0.15, 0.2) is 60.7 Å². The van der Waals surface area contributed by atoms with Gasteiger partial charge in [-0.05, 0) is 60.5 Å². The maximum atomic E-state index is 14.2. The minimum absolute atomic E-state index is 0.0249. The van der Waals surface area contributed by atoms with Crippen molar-refractivity contribution in [3.63, 3.8) is 0 Å². The monoisotopic (exact) mass is 406 g/mol. The van der Waals surface area contributed by atoms with Gasteiger partial charge in [0.25, 0.3) is 11.8 Å². The minimum Gasteiger partial charge on any atom is -0.454 e. The topological polar surface area (TPSA) is 76.7 Å². The van der Waals surface area contributed by atoms with Crippen LogP contribution < -0.4 is 20.1 Å². The van der Waals surface area contributed by atoms with E-state index < -0.39 is 17.6 Å². The van der Waals surface area contributed by atoms with Crippen molar-refractivity contribution < 1.29 is 23.5 Å². The number of anilines is 2. The SMILES string of the molecule is CCc1ccc(C(=O)Nc2cc(NC(=O)c3ccc4c(c3)OCO4)ccc2F)cc1. The third kappa shape index (κ3) is 4.10. The molecule has 0 bridgehead atoms. The predicted molar refractivity (Wildman–Crippen MR) is 111 cm³/mol. The van der Waals surface area contributed by atoms with Crippen LogP contribution in [-0.4, -0.2) is 18.6 Å². The van der Waals surface area contributed by atoms with Crippen LogP contribution in [0.4, 0.5) is 15.8 Å². The Morgan fingerprint density at radius 2 is 1.57 bits per heavy atom. The van der Waals surface area contributed by atoms with Crippen LogP contribution in [0.1, 0.15) is 33.2 Å². The minimum atomic E-state index is -0.602. The Morgan fingerprint density at radius 3 is 2.33 bits per heavy atom. The lowest BCUT2D eigenvalue weighted by Gasteiger charge is -2.11. The molecule has 0 radical (unpaired) electrons. The van der Waals surface area contributed by atoms with Crippen molar-refractivity contribution in [2.24, 2.45) is 0 Å². The second-order valence-electron chi connectivity index (χ2n) is 6.72. The maximum Gasteiger partial charge on any atom is 0.255 e. The quantitative estimate of drug-likeness (QED) is 0.648. The lowest BCUT2D eigenvalue weighted by atomic mass is 10.1. The number of aryl methyl sites for hydroxylation is 1. The molecule has 0 saturated heterocycles. The smallest absolute Gasteiger partial charge is 0.255 e. The molecular weight excluding hydrogens is 387 g/mol. The maximum absolute atomic E-state index is 14.2. The van der Waals surface area contributed by atoms with Crippen molar-refractivity contribution in [3.05, 3.63) is 83.2 Å². The van der Waals surface area contributed by atoms with Crippen LogP contribution >= 0.6 is 0 Å². The molecule has 1 aliphatic rings. The molecule has 30 heavy (non-hydrogen) atoms. The standard InChI is InChI=1S/C23H19FN2O4/c1-2-14-3-5-15(6-4-14)22(27)26-19-12-17(8-9-18(19)24)25-23(28)16-7-10-20-21(11-16)30-13-29-20/h3-12H,2,13H2,1H3,(H,25,28)(H,26,27). The predicted octanol–water partition coefficient (Wildman–Crippen LogP) is 4.62. The summed E-state index contributed by atoms with van der Waals surface area (Å²) in [7, 11) is 0. The zero-order chi connectivity index (χ0) is 21.1. The molecule has 2 N–H and O–H groups in total. The number of ether oxygens (including phenoxy) is 2. The van der Waals surface area contributed by atoms with Crippen LogP contribution in [0.2, 0.25) is 0 Å². The van der Waals surface area contributed by atoms with Crippen molar-refractivity contribution in [3.8, 4) is 11.5 Å². The van der Waals surface area contributed by atoms with Crippen LogP contribution in [0, 0.1) is 5.82 Å². The van der Waals surface area contributed by atoms with Gasteiger partial charge in [0.1, 0.15) is 5.82 Å². The van der Waals surface area contributed by atoms with Crippen LogP contribution in [0.25, 0.3) is 0 Å². The highest BCUT2D eigenvalue weighted by atomic mass is 19.1. The third-order valence-corrected chi connectivity index (χ3v) is 4.73. The Balaban J connectivity index is 1.48. The lowest BCUT2D eigenvalue weighted by molar-refractivity contribution is 0.101. The molecule has 0 atom stereocenters. The summed E-state index contributed by atoms with van der Waals surface area (Å²) >= 11 is 0. The van der Waals surface area contributed by atoms with Gasteiger partial charge in [-0.2, -0.15) is 0 Å². The van der Waals surface area contributed by atoms with Crippen molar-refractivity contribution in [2.75, 3.05) is 17.4 Å². The Hall–Kier alpha value is -3.87. The Bertz CT molecular complexity index is 1110. The van der Waals surface area contributed by atoms with Gasteiger partial charge in [0.15, 0.2) is 11.5 Å². The number of rotatable bonds is 5. The second kappa shape index (κ2) is 8.24. The fraction of sp³-hybridized carbons (Fsp3) is 0.130. The van der Waals surface area contributed by atoms with E-state index in [1.54, 1.807) is 30.3 Å². The van der Waals surface area contributed by atoms with Gasteiger partial charge in [-0.25, -0.2) is 4.39 Å². The Kier molecular flexibility index (Phi) is 5.34. The third-order valence-electron chi connectivity index (χ3n) is 4.73. The summed E-state index contributed by atoms with van der Waals surface area (Å²) in [5, 5.41) is 5.24. The largest absolute Gasteiger partial charge is 0.454 e. The number of amides is 2. The Labute approximate surface area is 172 Å². The van der Waals surface area contributed by atoms with Crippen LogP contribution in [0.5, 0.6) is 11.5 Å². The molecule has 2 amide bonds. The molecule has 1 aliphatic heterocycles. The van der Waals surface area contributed by atoms with Crippen LogP contribution in [-0.2, 0) is 6.42 Å². The van der Waals surface area contributed by atoms with Gasteiger partial charge in [0.05, 0.1) is 5.69 Å². The van der Waals surface area contributed by atoms with Gasteiger partial charge in [-0.1, -0.05) is 19.1 Å². The fourth-order valence-corrected chi connectivity index (χ4v) is 3.03. The molecule has 0 unspecified atom stereocenters. The van der Waals surface area contributed by atoms with E-state index in [1.807, 2.05) is 19.1 Å². The fourth-order valence-electron chi connectivity index (χ4n) is 3.03. The number of benzene rings is 3. The lowest BCUT2D eigenvalue weighted by Crippen LogP contribution is -2.15. The van der Waals surface area contributed by atoms with Gasteiger partial charge in [0, 0.05) is 16.8 Å². The molecule has 152 valence electrons. The van der Waals surface area contributed by atoms with Gasteiger partial charge in [0.2, 0.25) is 6.79 Å². The summed E-state index contributed by atoms with van der Waals surface area (Å²) in [4.78, 5) is 25.0. The first-order chi connectivity index (χ1) is 14.5.